The summed E-state index contributed by atoms with van der Waals surface area (Å²) >= 11 is 6.08. The van der Waals surface area contributed by atoms with E-state index in [0.717, 1.165) is 6.54 Å². The fourth-order valence-corrected chi connectivity index (χ4v) is 3.05. The van der Waals surface area contributed by atoms with Gasteiger partial charge in [0.25, 0.3) is 5.95 Å². The minimum atomic E-state index is 0.208. The van der Waals surface area contributed by atoms with Crippen LogP contribution < -0.4 is 4.90 Å². The van der Waals surface area contributed by atoms with Gasteiger partial charge in [-0.25, -0.2) is 4.68 Å². The van der Waals surface area contributed by atoms with Crippen molar-refractivity contribution in [3.63, 3.8) is 0 Å². The fraction of sp³-hybridized carbons (Fsp3) is 0.571. The Kier molecular flexibility index (Phi) is 4.34. The summed E-state index contributed by atoms with van der Waals surface area (Å²) in [5.74, 6) is 1.11. The fourth-order valence-electron chi connectivity index (χ4n) is 2.90. The zero-order valence-electron chi connectivity index (χ0n) is 12.1. The van der Waals surface area contributed by atoms with Crippen LogP contribution in [0.4, 0.5) is 5.95 Å². The summed E-state index contributed by atoms with van der Waals surface area (Å²) in [5, 5.41) is 4.36. The van der Waals surface area contributed by atoms with Gasteiger partial charge in [-0.1, -0.05) is 19.3 Å². The van der Waals surface area contributed by atoms with Gasteiger partial charge in [-0.15, -0.1) is 0 Å². The molecular weight excluding hydrogens is 288 g/mol. The minimum Gasteiger partial charge on any atom is -0.338 e. The molecule has 1 saturated carbocycles. The molecule has 3 rings (SSSR count). The van der Waals surface area contributed by atoms with Crippen LogP contribution in [0.1, 0.15) is 39.0 Å². The van der Waals surface area contributed by atoms with Gasteiger partial charge in [0.2, 0.25) is 11.2 Å². The SMILES string of the molecule is CCN(c1nc(Cl)nc(-n2cccn2)n1)C1CCCCC1. The predicted molar refractivity (Wildman–Crippen MR) is 81.9 cm³/mol. The molecule has 112 valence electrons. The Bertz CT molecular complexity index is 579. The normalized spacial score (nSPS) is 16.1. The first-order valence-corrected chi connectivity index (χ1v) is 7.84. The smallest absolute Gasteiger partial charge is 0.256 e. The molecule has 0 saturated heterocycles. The van der Waals surface area contributed by atoms with Gasteiger partial charge >= 0.3 is 0 Å². The first-order valence-electron chi connectivity index (χ1n) is 7.46. The van der Waals surface area contributed by atoms with E-state index in [1.165, 1.54) is 32.1 Å². The molecule has 0 atom stereocenters. The summed E-state index contributed by atoms with van der Waals surface area (Å²) in [6.07, 6.45) is 9.73. The Morgan fingerprint density at radius 1 is 1.24 bits per heavy atom. The molecule has 1 aliphatic carbocycles. The van der Waals surface area contributed by atoms with Crippen LogP contribution in [-0.4, -0.2) is 37.3 Å². The molecule has 1 aliphatic rings. The van der Waals surface area contributed by atoms with Crippen LogP contribution >= 0.6 is 11.6 Å². The highest BCUT2D eigenvalue weighted by Gasteiger charge is 2.23. The summed E-state index contributed by atoms with van der Waals surface area (Å²) < 4.78 is 1.60. The Morgan fingerprint density at radius 2 is 2.05 bits per heavy atom. The maximum Gasteiger partial charge on any atom is 0.256 e. The average molecular weight is 307 g/mol. The summed E-state index contributed by atoms with van der Waals surface area (Å²) in [7, 11) is 0. The van der Waals surface area contributed by atoms with Crippen molar-refractivity contribution in [3.8, 4) is 5.95 Å². The lowest BCUT2D eigenvalue weighted by atomic mass is 9.94. The third-order valence-electron chi connectivity index (χ3n) is 3.91. The van der Waals surface area contributed by atoms with E-state index in [4.69, 9.17) is 11.6 Å². The lowest BCUT2D eigenvalue weighted by Gasteiger charge is -2.33. The largest absolute Gasteiger partial charge is 0.338 e. The molecule has 2 aromatic heterocycles. The zero-order valence-corrected chi connectivity index (χ0v) is 12.9. The molecule has 0 aliphatic heterocycles. The molecule has 2 heterocycles. The van der Waals surface area contributed by atoms with E-state index in [1.54, 1.807) is 17.1 Å². The molecule has 0 radical (unpaired) electrons. The molecule has 0 aromatic carbocycles. The van der Waals surface area contributed by atoms with Crippen molar-refractivity contribution < 1.29 is 0 Å². The second-order valence-electron chi connectivity index (χ2n) is 5.23. The summed E-state index contributed by atoms with van der Waals surface area (Å²) in [4.78, 5) is 15.3. The van der Waals surface area contributed by atoms with E-state index in [2.05, 4.69) is 31.9 Å². The molecule has 2 aromatic rings. The monoisotopic (exact) mass is 306 g/mol. The quantitative estimate of drug-likeness (QED) is 0.869. The third kappa shape index (κ3) is 3.15. The molecule has 0 spiro atoms. The highest BCUT2D eigenvalue weighted by atomic mass is 35.5. The molecule has 6 nitrogen and oxygen atoms in total. The van der Waals surface area contributed by atoms with Crippen LogP contribution in [0.5, 0.6) is 0 Å². The van der Waals surface area contributed by atoms with Crippen molar-refractivity contribution in [1.29, 1.82) is 0 Å². The topological polar surface area (TPSA) is 59.7 Å². The van der Waals surface area contributed by atoms with Crippen molar-refractivity contribution in [2.75, 3.05) is 11.4 Å². The second-order valence-corrected chi connectivity index (χ2v) is 5.57. The Morgan fingerprint density at radius 3 is 2.71 bits per heavy atom. The number of anilines is 1. The standard InChI is InChI=1S/C14H19ClN6/c1-2-20(11-7-4-3-5-8-11)13-17-12(15)18-14(19-13)21-10-6-9-16-21/h6,9-11H,2-5,7-8H2,1H3. The predicted octanol–water partition coefficient (Wildman–Crippen LogP) is 2.87. The Labute approximate surface area is 129 Å². The number of nitrogens with zero attached hydrogens (tertiary/aromatic N) is 6. The number of halogens is 1. The molecule has 21 heavy (non-hydrogen) atoms. The van der Waals surface area contributed by atoms with Crippen LogP contribution in [0.3, 0.4) is 0 Å². The number of rotatable bonds is 4. The van der Waals surface area contributed by atoms with E-state index in [-0.39, 0.29) is 5.28 Å². The van der Waals surface area contributed by atoms with Gasteiger partial charge < -0.3 is 4.90 Å². The van der Waals surface area contributed by atoms with Crippen LogP contribution in [0, 0.1) is 0 Å². The van der Waals surface area contributed by atoms with Crippen molar-refractivity contribution >= 4 is 17.5 Å². The van der Waals surface area contributed by atoms with Crippen molar-refractivity contribution in [3.05, 3.63) is 23.7 Å². The summed E-state index contributed by atoms with van der Waals surface area (Å²) in [6, 6.07) is 2.32. The number of hydrogen-bond acceptors (Lipinski definition) is 5. The molecule has 0 unspecified atom stereocenters. The van der Waals surface area contributed by atoms with Crippen LogP contribution in [0.2, 0.25) is 5.28 Å². The molecule has 1 fully saturated rings. The van der Waals surface area contributed by atoms with E-state index in [9.17, 15) is 0 Å². The van der Waals surface area contributed by atoms with Gasteiger partial charge in [-0.05, 0) is 37.4 Å². The zero-order chi connectivity index (χ0) is 14.7. The third-order valence-corrected chi connectivity index (χ3v) is 4.08. The van der Waals surface area contributed by atoms with Crippen LogP contribution in [-0.2, 0) is 0 Å². The van der Waals surface area contributed by atoms with Crippen molar-refractivity contribution in [1.82, 2.24) is 24.7 Å². The van der Waals surface area contributed by atoms with Crippen molar-refractivity contribution in [2.24, 2.45) is 0 Å². The van der Waals surface area contributed by atoms with Gasteiger partial charge in [-0.3, -0.25) is 0 Å². The maximum absolute atomic E-state index is 6.08. The molecule has 0 N–H and O–H groups in total. The summed E-state index contributed by atoms with van der Waals surface area (Å²) in [5.41, 5.74) is 0. The van der Waals surface area contributed by atoms with Gasteiger partial charge in [-0.2, -0.15) is 20.1 Å². The van der Waals surface area contributed by atoms with E-state index < -0.39 is 0 Å². The van der Waals surface area contributed by atoms with Gasteiger partial charge in [0.1, 0.15) is 0 Å². The van der Waals surface area contributed by atoms with Gasteiger partial charge in [0.05, 0.1) is 0 Å². The minimum absolute atomic E-state index is 0.208. The average Bonchev–Trinajstić information content (AvgIpc) is 3.03. The highest BCUT2D eigenvalue weighted by molar-refractivity contribution is 6.28. The van der Waals surface area contributed by atoms with Crippen LogP contribution in [0.25, 0.3) is 5.95 Å². The van der Waals surface area contributed by atoms with E-state index >= 15 is 0 Å². The second kappa shape index (κ2) is 6.39. The van der Waals surface area contributed by atoms with Gasteiger partial charge in [0.15, 0.2) is 0 Å². The molecule has 0 bridgehead atoms. The lowest BCUT2D eigenvalue weighted by molar-refractivity contribution is 0.414. The van der Waals surface area contributed by atoms with Gasteiger partial charge in [0, 0.05) is 25.0 Å². The highest BCUT2D eigenvalue weighted by Crippen LogP contribution is 2.25. The molecular formula is C14H19ClN6. The van der Waals surface area contributed by atoms with Crippen molar-refractivity contribution in [2.45, 2.75) is 45.1 Å². The van der Waals surface area contributed by atoms with Crippen LogP contribution in [0.15, 0.2) is 18.5 Å². The Hall–Kier alpha value is -1.69. The maximum atomic E-state index is 6.08. The molecule has 7 heteroatoms. The Balaban J connectivity index is 1.92. The first-order chi connectivity index (χ1) is 10.3. The number of hydrogen-bond donors (Lipinski definition) is 0. The number of aromatic nitrogens is 5. The first kappa shape index (κ1) is 14.3. The van der Waals surface area contributed by atoms with E-state index in [0.29, 0.717) is 17.9 Å². The molecule has 0 amide bonds. The van der Waals surface area contributed by atoms with E-state index in [1.807, 2.05) is 6.07 Å². The lowest BCUT2D eigenvalue weighted by Crippen LogP contribution is -2.38. The summed E-state index contributed by atoms with van der Waals surface area (Å²) in [6.45, 7) is 2.99.